The maximum absolute atomic E-state index is 4.44. The highest BCUT2D eigenvalue weighted by molar-refractivity contribution is 7.13. The van der Waals surface area contributed by atoms with Crippen molar-refractivity contribution < 1.29 is 0 Å². The monoisotopic (exact) mass is 263 g/mol. The van der Waals surface area contributed by atoms with Crippen molar-refractivity contribution in [2.24, 2.45) is 0 Å². The summed E-state index contributed by atoms with van der Waals surface area (Å²) in [5, 5.41) is 0. The van der Waals surface area contributed by atoms with E-state index in [1.54, 1.807) is 11.3 Å². The predicted molar refractivity (Wildman–Crippen MR) is 82.9 cm³/mol. The zero-order valence-electron chi connectivity index (χ0n) is 10.4. The van der Waals surface area contributed by atoms with E-state index >= 15 is 0 Å². The Labute approximate surface area is 116 Å². The maximum atomic E-state index is 4.44. The van der Waals surface area contributed by atoms with Gasteiger partial charge >= 0.3 is 0 Å². The molecule has 2 heteroatoms. The van der Waals surface area contributed by atoms with Gasteiger partial charge in [0.05, 0.1) is 16.1 Å². The van der Waals surface area contributed by atoms with Crippen LogP contribution in [-0.2, 0) is 0 Å². The Morgan fingerprint density at radius 1 is 0.789 bits per heavy atom. The molecular weight excluding hydrogens is 250 g/mol. The molecule has 0 N–H and O–H groups in total. The molecule has 3 aromatic rings. The molecule has 2 aromatic carbocycles. The molecule has 0 saturated carbocycles. The third-order valence-corrected chi connectivity index (χ3v) is 3.76. The second-order valence-corrected chi connectivity index (χ2v) is 5.03. The maximum Gasteiger partial charge on any atom is 0.0818 e. The van der Waals surface area contributed by atoms with E-state index in [4.69, 9.17) is 0 Å². The van der Waals surface area contributed by atoms with Gasteiger partial charge in [-0.15, -0.1) is 11.3 Å². The van der Waals surface area contributed by atoms with Crippen LogP contribution in [0.2, 0.25) is 0 Å². The largest absolute Gasteiger partial charge is 0.245 e. The van der Waals surface area contributed by atoms with Crippen LogP contribution in [0.25, 0.3) is 22.6 Å². The highest BCUT2D eigenvalue weighted by atomic mass is 32.1. The van der Waals surface area contributed by atoms with E-state index in [2.05, 4.69) is 53.5 Å². The molecular formula is C17H13NS. The quantitative estimate of drug-likeness (QED) is 0.649. The molecule has 0 saturated heterocycles. The molecule has 0 atom stereocenters. The van der Waals surface area contributed by atoms with Crippen LogP contribution in [0.3, 0.4) is 0 Å². The lowest BCUT2D eigenvalue weighted by molar-refractivity contribution is 1.38. The first kappa shape index (κ1) is 11.9. The van der Waals surface area contributed by atoms with Crippen LogP contribution < -0.4 is 0 Å². The van der Waals surface area contributed by atoms with Gasteiger partial charge in [-0.1, -0.05) is 66.7 Å². The highest BCUT2D eigenvalue weighted by Crippen LogP contribution is 2.28. The molecule has 92 valence electrons. The van der Waals surface area contributed by atoms with Crippen LogP contribution in [-0.4, -0.2) is 4.98 Å². The number of thiazole rings is 1. The van der Waals surface area contributed by atoms with Gasteiger partial charge < -0.3 is 0 Å². The Balaban J connectivity index is 1.91. The Morgan fingerprint density at radius 3 is 2.21 bits per heavy atom. The number of rotatable bonds is 3. The summed E-state index contributed by atoms with van der Waals surface area (Å²) in [5.41, 5.74) is 5.33. The number of hydrogen-bond acceptors (Lipinski definition) is 2. The Hall–Kier alpha value is -2.19. The number of hydrogen-bond donors (Lipinski definition) is 0. The summed E-state index contributed by atoms with van der Waals surface area (Å²) in [6.45, 7) is 0. The summed E-state index contributed by atoms with van der Waals surface area (Å²) < 4.78 is 0. The molecule has 19 heavy (non-hydrogen) atoms. The Morgan fingerprint density at radius 2 is 1.47 bits per heavy atom. The van der Waals surface area contributed by atoms with Crippen LogP contribution in [0.1, 0.15) is 11.3 Å². The minimum atomic E-state index is 1.03. The molecule has 1 heterocycles. The van der Waals surface area contributed by atoms with Crippen molar-refractivity contribution in [2.75, 3.05) is 0 Å². The van der Waals surface area contributed by atoms with E-state index in [9.17, 15) is 0 Å². The van der Waals surface area contributed by atoms with Crippen LogP contribution >= 0.6 is 11.3 Å². The molecule has 1 nitrogen and oxygen atoms in total. The van der Waals surface area contributed by atoms with Gasteiger partial charge in [0.25, 0.3) is 0 Å². The summed E-state index contributed by atoms with van der Waals surface area (Å²) in [5.74, 6) is 0. The van der Waals surface area contributed by atoms with Crippen molar-refractivity contribution in [1.29, 1.82) is 0 Å². The third kappa shape index (κ3) is 2.80. The van der Waals surface area contributed by atoms with Crippen molar-refractivity contribution in [1.82, 2.24) is 4.98 Å². The van der Waals surface area contributed by atoms with E-state index in [0.717, 1.165) is 5.69 Å². The SMILES string of the molecule is C(=C\c1ncsc1-c1ccccc1)/c1ccccc1. The second kappa shape index (κ2) is 5.63. The fraction of sp³-hybridized carbons (Fsp3) is 0. The average Bonchev–Trinajstić information content (AvgIpc) is 2.95. The standard InChI is InChI=1S/C17H13NS/c1-3-7-14(8-4-1)11-12-16-17(19-13-18-16)15-9-5-2-6-10-15/h1-13H/b12-11+. The molecule has 0 aliphatic rings. The topological polar surface area (TPSA) is 12.9 Å². The van der Waals surface area contributed by atoms with Crippen LogP contribution in [0, 0.1) is 0 Å². The number of nitrogens with zero attached hydrogens (tertiary/aromatic N) is 1. The van der Waals surface area contributed by atoms with E-state index in [0.29, 0.717) is 0 Å². The minimum Gasteiger partial charge on any atom is -0.245 e. The first-order chi connectivity index (χ1) is 9.43. The van der Waals surface area contributed by atoms with Crippen LogP contribution in [0.5, 0.6) is 0 Å². The van der Waals surface area contributed by atoms with E-state index in [1.807, 2.05) is 29.8 Å². The van der Waals surface area contributed by atoms with E-state index in [1.165, 1.54) is 16.0 Å². The fourth-order valence-corrected chi connectivity index (χ4v) is 2.70. The van der Waals surface area contributed by atoms with Gasteiger partial charge in [0, 0.05) is 0 Å². The van der Waals surface area contributed by atoms with Gasteiger partial charge in [-0.3, -0.25) is 0 Å². The lowest BCUT2D eigenvalue weighted by Gasteiger charge is -1.98. The number of aromatic nitrogens is 1. The normalized spacial score (nSPS) is 10.9. The third-order valence-electron chi connectivity index (χ3n) is 2.86. The van der Waals surface area contributed by atoms with Crippen molar-refractivity contribution in [3.63, 3.8) is 0 Å². The van der Waals surface area contributed by atoms with Gasteiger partial charge in [-0.2, -0.15) is 0 Å². The van der Waals surface area contributed by atoms with Gasteiger partial charge in [0.1, 0.15) is 0 Å². The smallest absolute Gasteiger partial charge is 0.0818 e. The lowest BCUT2D eigenvalue weighted by atomic mass is 10.1. The molecule has 0 bridgehead atoms. The Bertz CT molecular complexity index is 669. The molecule has 0 amide bonds. The average molecular weight is 263 g/mol. The summed E-state index contributed by atoms with van der Waals surface area (Å²) >= 11 is 1.68. The molecule has 0 fully saturated rings. The van der Waals surface area contributed by atoms with Gasteiger partial charge in [-0.05, 0) is 17.2 Å². The zero-order chi connectivity index (χ0) is 12.9. The fourth-order valence-electron chi connectivity index (χ4n) is 1.92. The number of benzene rings is 2. The molecule has 0 aliphatic heterocycles. The lowest BCUT2D eigenvalue weighted by Crippen LogP contribution is -1.78. The Kier molecular flexibility index (Phi) is 3.52. The summed E-state index contributed by atoms with van der Waals surface area (Å²) in [7, 11) is 0. The predicted octanol–water partition coefficient (Wildman–Crippen LogP) is 4.98. The molecule has 1 aromatic heterocycles. The van der Waals surface area contributed by atoms with Crippen molar-refractivity contribution in [3.8, 4) is 10.4 Å². The van der Waals surface area contributed by atoms with E-state index in [-0.39, 0.29) is 0 Å². The first-order valence-electron chi connectivity index (χ1n) is 6.15. The molecule has 3 rings (SSSR count). The summed E-state index contributed by atoms with van der Waals surface area (Å²) in [6.07, 6.45) is 4.18. The van der Waals surface area contributed by atoms with Crippen molar-refractivity contribution in [3.05, 3.63) is 77.4 Å². The summed E-state index contributed by atoms with van der Waals surface area (Å²) in [4.78, 5) is 5.65. The molecule has 0 aliphatic carbocycles. The summed E-state index contributed by atoms with van der Waals surface area (Å²) in [6, 6.07) is 20.7. The van der Waals surface area contributed by atoms with Gasteiger partial charge in [-0.25, -0.2) is 4.98 Å². The molecule has 0 radical (unpaired) electrons. The van der Waals surface area contributed by atoms with Crippen LogP contribution in [0.4, 0.5) is 0 Å². The van der Waals surface area contributed by atoms with Crippen molar-refractivity contribution in [2.45, 2.75) is 0 Å². The molecule has 0 spiro atoms. The van der Waals surface area contributed by atoms with Gasteiger partial charge in [0.15, 0.2) is 0 Å². The van der Waals surface area contributed by atoms with Crippen molar-refractivity contribution >= 4 is 23.5 Å². The molecule has 0 unspecified atom stereocenters. The van der Waals surface area contributed by atoms with Gasteiger partial charge in [0.2, 0.25) is 0 Å². The first-order valence-corrected chi connectivity index (χ1v) is 7.03. The van der Waals surface area contributed by atoms with Crippen LogP contribution in [0.15, 0.2) is 66.2 Å². The minimum absolute atomic E-state index is 1.03. The highest BCUT2D eigenvalue weighted by Gasteiger charge is 2.04. The zero-order valence-corrected chi connectivity index (χ0v) is 11.2. The second-order valence-electron chi connectivity index (χ2n) is 4.18. The van der Waals surface area contributed by atoms with E-state index < -0.39 is 0 Å².